The third kappa shape index (κ3) is 2.15. The summed E-state index contributed by atoms with van der Waals surface area (Å²) in [5.74, 6) is -0.0451. The molecule has 0 bridgehead atoms. The summed E-state index contributed by atoms with van der Waals surface area (Å²) < 4.78 is 1.33. The minimum Gasteiger partial charge on any atom is -0.494 e. The van der Waals surface area contributed by atoms with Crippen LogP contribution in [0.4, 0.5) is 0 Å². The summed E-state index contributed by atoms with van der Waals surface area (Å²) in [6.45, 7) is 1.92. The zero-order valence-electron chi connectivity index (χ0n) is 9.11. The maximum absolute atomic E-state index is 9.99. The van der Waals surface area contributed by atoms with Crippen molar-refractivity contribution >= 4 is 27.5 Å². The Bertz CT molecular complexity index is 566. The number of aryl methyl sites for hydroxylation is 1. The molecule has 1 aromatic heterocycles. The van der Waals surface area contributed by atoms with Crippen LogP contribution in [0.5, 0.6) is 11.8 Å². The van der Waals surface area contributed by atoms with Gasteiger partial charge >= 0.3 is 0 Å². The highest BCUT2D eigenvalue weighted by Gasteiger charge is 2.16. The van der Waals surface area contributed by atoms with Crippen molar-refractivity contribution in [3.8, 4) is 17.4 Å². The number of rotatable bonds is 2. The summed E-state index contributed by atoms with van der Waals surface area (Å²) in [6, 6.07) is 6.91. The van der Waals surface area contributed by atoms with Crippen LogP contribution in [0, 0.1) is 6.92 Å². The first-order valence-corrected chi connectivity index (χ1v) is 6.49. The number of hydrogen-bond acceptors (Lipinski definition) is 2. The third-order valence-corrected chi connectivity index (χ3v) is 3.44. The lowest BCUT2D eigenvalue weighted by Gasteiger charge is -2.10. The number of hydrogen-bond donors (Lipinski definition) is 2. The monoisotopic (exact) mass is 315 g/mol. The second kappa shape index (κ2) is 4.63. The highest BCUT2D eigenvalue weighted by Crippen LogP contribution is 2.35. The van der Waals surface area contributed by atoms with Crippen molar-refractivity contribution in [1.82, 2.24) is 4.57 Å². The maximum Gasteiger partial charge on any atom is 0.202 e. The quantitative estimate of drug-likeness (QED) is 0.829. The molecular weight excluding hydrogens is 305 g/mol. The first-order valence-electron chi connectivity index (χ1n) is 4.99. The molecule has 0 unspecified atom stereocenters. The molecule has 1 aromatic carbocycles. The minimum absolute atomic E-state index is 0.00752. The Morgan fingerprint density at radius 3 is 2.59 bits per heavy atom. The van der Waals surface area contributed by atoms with Gasteiger partial charge in [0, 0.05) is 17.0 Å². The second-order valence-corrected chi connectivity index (χ2v) is 4.74. The summed E-state index contributed by atoms with van der Waals surface area (Å²) in [6.07, 6.45) is 0. The number of halogens is 2. The fraction of sp³-hybridized carbons (Fsp3) is 0.167. The van der Waals surface area contributed by atoms with Crippen molar-refractivity contribution < 1.29 is 10.2 Å². The van der Waals surface area contributed by atoms with E-state index in [0.29, 0.717) is 21.6 Å². The highest BCUT2D eigenvalue weighted by molar-refractivity contribution is 9.08. The Kier molecular flexibility index (Phi) is 3.35. The van der Waals surface area contributed by atoms with Gasteiger partial charge in [-0.3, -0.25) is 0 Å². The number of aromatic nitrogens is 1. The lowest BCUT2D eigenvalue weighted by atomic mass is 10.2. The number of alkyl halides is 1. The average molecular weight is 317 g/mol. The highest BCUT2D eigenvalue weighted by atomic mass is 79.9. The summed E-state index contributed by atoms with van der Waals surface area (Å²) in [7, 11) is 0. The number of benzene rings is 1. The van der Waals surface area contributed by atoms with Crippen molar-refractivity contribution in [3.05, 3.63) is 40.4 Å². The molecule has 0 aliphatic rings. The topological polar surface area (TPSA) is 45.4 Å². The predicted octanol–water partition coefficient (Wildman–Crippen LogP) is 3.75. The molecule has 5 heteroatoms. The van der Waals surface area contributed by atoms with Gasteiger partial charge in [-0.15, -0.1) is 0 Å². The van der Waals surface area contributed by atoms with E-state index in [9.17, 15) is 10.2 Å². The Balaban J connectivity index is 2.68. The molecule has 2 rings (SSSR count). The Morgan fingerprint density at radius 1 is 1.29 bits per heavy atom. The van der Waals surface area contributed by atoms with E-state index in [2.05, 4.69) is 15.9 Å². The lowest BCUT2D eigenvalue weighted by molar-refractivity contribution is 0.401. The van der Waals surface area contributed by atoms with Crippen LogP contribution in [-0.4, -0.2) is 14.8 Å². The van der Waals surface area contributed by atoms with Gasteiger partial charge in [0.1, 0.15) is 0 Å². The van der Waals surface area contributed by atoms with E-state index in [1.54, 1.807) is 12.1 Å². The first kappa shape index (κ1) is 12.3. The van der Waals surface area contributed by atoms with Crippen molar-refractivity contribution in [2.45, 2.75) is 12.3 Å². The van der Waals surface area contributed by atoms with Gasteiger partial charge in [0.15, 0.2) is 5.88 Å². The molecule has 0 radical (unpaired) electrons. The van der Waals surface area contributed by atoms with Gasteiger partial charge in [-0.05, 0) is 24.6 Å². The molecule has 3 nitrogen and oxygen atoms in total. The van der Waals surface area contributed by atoms with E-state index in [-0.39, 0.29) is 11.8 Å². The van der Waals surface area contributed by atoms with Crippen LogP contribution in [0.15, 0.2) is 24.3 Å². The molecule has 0 aliphatic carbocycles. The molecule has 0 saturated heterocycles. The number of aromatic hydroxyl groups is 2. The average Bonchev–Trinajstić information content (AvgIpc) is 2.58. The Hall–Kier alpha value is -1.13. The standard InChI is InChI=1S/C12H11BrClNO2/c1-7-2-3-9(14)10(4-7)15-11(16)5-8(6-13)12(15)17/h2-5,16-17H,6H2,1H3. The Labute approximate surface area is 112 Å². The van der Waals surface area contributed by atoms with Crippen LogP contribution in [0.1, 0.15) is 11.1 Å². The van der Waals surface area contributed by atoms with E-state index in [4.69, 9.17) is 11.6 Å². The molecule has 1 heterocycles. The summed E-state index contributed by atoms with van der Waals surface area (Å²) in [5.41, 5.74) is 2.17. The van der Waals surface area contributed by atoms with Crippen molar-refractivity contribution in [1.29, 1.82) is 0 Å². The van der Waals surface area contributed by atoms with Crippen LogP contribution in [0.3, 0.4) is 0 Å². The SMILES string of the molecule is Cc1ccc(Cl)c(-n2c(O)cc(CBr)c2O)c1. The van der Waals surface area contributed by atoms with Crippen LogP contribution < -0.4 is 0 Å². The normalized spacial score (nSPS) is 10.8. The molecule has 0 aliphatic heterocycles. The van der Waals surface area contributed by atoms with Gasteiger partial charge in [0.25, 0.3) is 0 Å². The zero-order valence-corrected chi connectivity index (χ0v) is 11.5. The van der Waals surface area contributed by atoms with Crippen LogP contribution >= 0.6 is 27.5 Å². The molecule has 0 saturated carbocycles. The smallest absolute Gasteiger partial charge is 0.202 e. The van der Waals surface area contributed by atoms with Crippen molar-refractivity contribution in [2.75, 3.05) is 0 Å². The molecule has 0 amide bonds. The van der Waals surface area contributed by atoms with Crippen LogP contribution in [-0.2, 0) is 5.33 Å². The van der Waals surface area contributed by atoms with Crippen LogP contribution in [0.2, 0.25) is 5.02 Å². The van der Waals surface area contributed by atoms with Crippen LogP contribution in [0.25, 0.3) is 5.69 Å². The van der Waals surface area contributed by atoms with E-state index < -0.39 is 0 Å². The van der Waals surface area contributed by atoms with E-state index >= 15 is 0 Å². The second-order valence-electron chi connectivity index (χ2n) is 3.78. The van der Waals surface area contributed by atoms with Gasteiger partial charge in [-0.1, -0.05) is 33.6 Å². The van der Waals surface area contributed by atoms with E-state index in [0.717, 1.165) is 5.56 Å². The molecule has 2 N–H and O–H groups in total. The molecule has 0 atom stereocenters. The molecule has 17 heavy (non-hydrogen) atoms. The number of nitrogens with zero attached hydrogens (tertiary/aromatic N) is 1. The molecule has 0 fully saturated rings. The minimum atomic E-state index is -0.0375. The van der Waals surface area contributed by atoms with E-state index in [1.807, 2.05) is 13.0 Å². The van der Waals surface area contributed by atoms with Crippen molar-refractivity contribution in [3.63, 3.8) is 0 Å². The fourth-order valence-corrected chi connectivity index (χ4v) is 2.28. The summed E-state index contributed by atoms with van der Waals surface area (Å²) in [5, 5.41) is 20.8. The van der Waals surface area contributed by atoms with Gasteiger partial charge in [0.05, 0.1) is 10.7 Å². The van der Waals surface area contributed by atoms with E-state index in [1.165, 1.54) is 10.6 Å². The largest absolute Gasteiger partial charge is 0.494 e. The van der Waals surface area contributed by atoms with Gasteiger partial charge in [-0.25, -0.2) is 4.57 Å². The summed E-state index contributed by atoms with van der Waals surface area (Å²) in [4.78, 5) is 0. The first-order chi connectivity index (χ1) is 8.04. The third-order valence-electron chi connectivity index (χ3n) is 2.52. The lowest BCUT2D eigenvalue weighted by Crippen LogP contribution is -1.95. The molecule has 2 aromatic rings. The van der Waals surface area contributed by atoms with Gasteiger partial charge in [-0.2, -0.15) is 0 Å². The molecule has 0 spiro atoms. The van der Waals surface area contributed by atoms with Gasteiger partial charge < -0.3 is 10.2 Å². The van der Waals surface area contributed by atoms with Crippen molar-refractivity contribution in [2.24, 2.45) is 0 Å². The zero-order chi connectivity index (χ0) is 12.6. The summed E-state index contributed by atoms with van der Waals surface area (Å²) >= 11 is 9.32. The Morgan fingerprint density at radius 2 is 2.00 bits per heavy atom. The maximum atomic E-state index is 9.99. The fourth-order valence-electron chi connectivity index (χ4n) is 1.67. The molecular formula is C12H11BrClNO2. The molecule has 90 valence electrons. The van der Waals surface area contributed by atoms with Gasteiger partial charge in [0.2, 0.25) is 5.88 Å². The predicted molar refractivity (Wildman–Crippen MR) is 71.5 cm³/mol.